The van der Waals surface area contributed by atoms with Crippen molar-refractivity contribution in [3.05, 3.63) is 11.9 Å². The molecule has 0 spiro atoms. The van der Waals surface area contributed by atoms with Gasteiger partial charge in [0.05, 0.1) is 0 Å². The Hall–Kier alpha value is -1.36. The van der Waals surface area contributed by atoms with Gasteiger partial charge >= 0.3 is 0 Å². The van der Waals surface area contributed by atoms with Gasteiger partial charge in [0.15, 0.2) is 0 Å². The normalized spacial score (nSPS) is 11.2. The minimum atomic E-state index is 0.289. The highest BCUT2D eigenvalue weighted by atomic mass is 15.1. The lowest BCUT2D eigenvalue weighted by Crippen LogP contribution is -2.25. The fraction of sp³-hybridized carbons (Fsp3) is 0.667. The molecule has 0 aromatic carbocycles. The molecule has 0 aliphatic carbocycles. The van der Waals surface area contributed by atoms with E-state index in [2.05, 4.69) is 48.0 Å². The minimum Gasteiger partial charge on any atom is -0.384 e. The van der Waals surface area contributed by atoms with Crippen LogP contribution in [0.25, 0.3) is 0 Å². The number of anilines is 2. The highest BCUT2D eigenvalue weighted by Crippen LogP contribution is 2.14. The molecule has 0 amide bonds. The van der Waals surface area contributed by atoms with Gasteiger partial charge in [-0.15, -0.1) is 0 Å². The summed E-state index contributed by atoms with van der Waals surface area (Å²) in [6.07, 6.45) is 0. The van der Waals surface area contributed by atoms with E-state index in [1.165, 1.54) is 0 Å². The highest BCUT2D eigenvalue weighted by Gasteiger charge is 2.06. The Labute approximate surface area is 103 Å². The summed E-state index contributed by atoms with van der Waals surface area (Å²) in [5.74, 6) is 2.41. The molecule has 1 heterocycles. The molecule has 96 valence electrons. The first-order chi connectivity index (χ1) is 8.02. The monoisotopic (exact) mass is 237 g/mol. The fourth-order valence-corrected chi connectivity index (χ4v) is 1.37. The third-order valence-electron chi connectivity index (χ3n) is 2.62. The van der Waals surface area contributed by atoms with Gasteiger partial charge in [0.25, 0.3) is 0 Å². The molecule has 0 atom stereocenters. The summed E-state index contributed by atoms with van der Waals surface area (Å²) in [5, 5.41) is 3.27. The average molecular weight is 237 g/mol. The van der Waals surface area contributed by atoms with E-state index in [-0.39, 0.29) is 5.92 Å². The van der Waals surface area contributed by atoms with Crippen LogP contribution >= 0.6 is 0 Å². The zero-order chi connectivity index (χ0) is 12.8. The van der Waals surface area contributed by atoms with Gasteiger partial charge in [-0.1, -0.05) is 20.8 Å². The SMILES string of the molecule is CCN(C)CCNc1cc(N)nc(C(C)C)n1. The van der Waals surface area contributed by atoms with Crippen LogP contribution in [-0.4, -0.2) is 41.5 Å². The van der Waals surface area contributed by atoms with Crippen LogP contribution in [0.5, 0.6) is 0 Å². The van der Waals surface area contributed by atoms with Crippen molar-refractivity contribution >= 4 is 11.6 Å². The lowest BCUT2D eigenvalue weighted by Gasteiger charge is -2.15. The molecule has 0 saturated heterocycles. The molecule has 0 fully saturated rings. The Morgan fingerprint density at radius 3 is 2.71 bits per heavy atom. The molecule has 0 unspecified atom stereocenters. The van der Waals surface area contributed by atoms with Gasteiger partial charge in [-0.05, 0) is 13.6 Å². The van der Waals surface area contributed by atoms with Crippen molar-refractivity contribution in [2.24, 2.45) is 0 Å². The van der Waals surface area contributed by atoms with E-state index in [0.29, 0.717) is 5.82 Å². The molecule has 0 saturated carbocycles. The third-order valence-corrected chi connectivity index (χ3v) is 2.62. The zero-order valence-corrected chi connectivity index (χ0v) is 11.2. The Morgan fingerprint density at radius 2 is 2.12 bits per heavy atom. The first-order valence-corrected chi connectivity index (χ1v) is 6.09. The van der Waals surface area contributed by atoms with Crippen LogP contribution in [0, 0.1) is 0 Å². The molecule has 5 nitrogen and oxygen atoms in total. The van der Waals surface area contributed by atoms with Gasteiger partial charge in [0.1, 0.15) is 17.5 Å². The van der Waals surface area contributed by atoms with E-state index >= 15 is 0 Å². The zero-order valence-electron chi connectivity index (χ0n) is 11.2. The van der Waals surface area contributed by atoms with Gasteiger partial charge in [-0.25, -0.2) is 9.97 Å². The van der Waals surface area contributed by atoms with Crippen molar-refractivity contribution in [2.75, 3.05) is 37.7 Å². The topological polar surface area (TPSA) is 67.1 Å². The molecule has 1 aromatic heterocycles. The van der Waals surface area contributed by atoms with Crippen molar-refractivity contribution < 1.29 is 0 Å². The second-order valence-electron chi connectivity index (χ2n) is 4.51. The fourth-order valence-electron chi connectivity index (χ4n) is 1.37. The number of rotatable bonds is 6. The number of aromatic nitrogens is 2. The number of likely N-dealkylation sites (N-methyl/N-ethyl adjacent to an activating group) is 1. The standard InChI is InChI=1S/C12H23N5/c1-5-17(4)7-6-14-11-8-10(13)15-12(16-11)9(2)3/h8-9H,5-7H2,1-4H3,(H3,13,14,15,16). The van der Waals surface area contributed by atoms with Gasteiger partial charge < -0.3 is 16.0 Å². The lowest BCUT2D eigenvalue weighted by molar-refractivity contribution is 0.367. The predicted octanol–water partition coefficient (Wildman–Crippen LogP) is 1.55. The first-order valence-electron chi connectivity index (χ1n) is 6.09. The van der Waals surface area contributed by atoms with Gasteiger partial charge in [0, 0.05) is 25.1 Å². The molecule has 1 rings (SSSR count). The van der Waals surface area contributed by atoms with Crippen molar-refractivity contribution in [3.8, 4) is 0 Å². The third kappa shape index (κ3) is 4.56. The first kappa shape index (κ1) is 13.7. The minimum absolute atomic E-state index is 0.289. The Kier molecular flexibility index (Phi) is 5.15. The van der Waals surface area contributed by atoms with Crippen LogP contribution in [0.3, 0.4) is 0 Å². The summed E-state index contributed by atoms with van der Waals surface area (Å²) in [5.41, 5.74) is 5.75. The molecule has 3 N–H and O–H groups in total. The second kappa shape index (κ2) is 6.39. The smallest absolute Gasteiger partial charge is 0.135 e. The number of hydrogen-bond donors (Lipinski definition) is 2. The summed E-state index contributed by atoms with van der Waals surface area (Å²) < 4.78 is 0. The number of nitrogens with two attached hydrogens (primary N) is 1. The quantitative estimate of drug-likeness (QED) is 0.785. The average Bonchev–Trinajstić information content (AvgIpc) is 2.28. The number of nitrogens with zero attached hydrogens (tertiary/aromatic N) is 3. The molecule has 5 heteroatoms. The van der Waals surface area contributed by atoms with Crippen molar-refractivity contribution in [2.45, 2.75) is 26.7 Å². The van der Waals surface area contributed by atoms with E-state index in [4.69, 9.17) is 5.73 Å². The number of nitrogens with one attached hydrogen (secondary N) is 1. The van der Waals surface area contributed by atoms with E-state index in [9.17, 15) is 0 Å². The molecule has 0 radical (unpaired) electrons. The van der Waals surface area contributed by atoms with Crippen LogP contribution in [0.4, 0.5) is 11.6 Å². The molecule has 0 bridgehead atoms. The molecule has 1 aromatic rings. The second-order valence-corrected chi connectivity index (χ2v) is 4.51. The molecule has 0 aliphatic heterocycles. The Balaban J connectivity index is 2.59. The highest BCUT2D eigenvalue weighted by molar-refractivity contribution is 5.44. The van der Waals surface area contributed by atoms with Gasteiger partial charge in [-0.2, -0.15) is 0 Å². The van der Waals surface area contributed by atoms with E-state index < -0.39 is 0 Å². The van der Waals surface area contributed by atoms with E-state index in [1.54, 1.807) is 6.07 Å². The summed E-state index contributed by atoms with van der Waals surface area (Å²) in [7, 11) is 2.09. The van der Waals surface area contributed by atoms with Crippen LogP contribution in [0.2, 0.25) is 0 Å². The Bertz CT molecular complexity index is 351. The van der Waals surface area contributed by atoms with Crippen molar-refractivity contribution in [1.82, 2.24) is 14.9 Å². The summed E-state index contributed by atoms with van der Waals surface area (Å²) in [6.45, 7) is 9.15. The van der Waals surface area contributed by atoms with Crippen LogP contribution < -0.4 is 11.1 Å². The molecular weight excluding hydrogens is 214 g/mol. The van der Waals surface area contributed by atoms with E-state index in [1.807, 2.05) is 0 Å². The van der Waals surface area contributed by atoms with Crippen LogP contribution in [0.1, 0.15) is 32.5 Å². The molecule has 17 heavy (non-hydrogen) atoms. The Morgan fingerprint density at radius 1 is 1.41 bits per heavy atom. The number of hydrogen-bond acceptors (Lipinski definition) is 5. The van der Waals surface area contributed by atoms with Crippen molar-refractivity contribution in [1.29, 1.82) is 0 Å². The summed E-state index contributed by atoms with van der Waals surface area (Å²) >= 11 is 0. The summed E-state index contributed by atoms with van der Waals surface area (Å²) in [4.78, 5) is 10.9. The number of nitrogen functional groups attached to an aromatic ring is 1. The maximum atomic E-state index is 5.75. The predicted molar refractivity (Wildman–Crippen MR) is 72.2 cm³/mol. The summed E-state index contributed by atoms with van der Waals surface area (Å²) in [6, 6.07) is 1.78. The van der Waals surface area contributed by atoms with Gasteiger partial charge in [0.2, 0.25) is 0 Å². The van der Waals surface area contributed by atoms with E-state index in [0.717, 1.165) is 31.3 Å². The van der Waals surface area contributed by atoms with Crippen LogP contribution in [0.15, 0.2) is 6.07 Å². The maximum absolute atomic E-state index is 5.75. The lowest BCUT2D eigenvalue weighted by atomic mass is 10.2. The largest absolute Gasteiger partial charge is 0.384 e. The van der Waals surface area contributed by atoms with Crippen molar-refractivity contribution in [3.63, 3.8) is 0 Å². The van der Waals surface area contributed by atoms with Gasteiger partial charge in [-0.3, -0.25) is 0 Å². The molecular formula is C12H23N5. The maximum Gasteiger partial charge on any atom is 0.135 e. The molecule has 0 aliphatic rings. The van der Waals surface area contributed by atoms with Crippen LogP contribution in [-0.2, 0) is 0 Å².